The summed E-state index contributed by atoms with van der Waals surface area (Å²) in [6, 6.07) is 7.01. The average Bonchev–Trinajstić information content (AvgIpc) is 3.33. The molecule has 0 bridgehead atoms. The van der Waals surface area contributed by atoms with E-state index in [1.165, 1.54) is 29.8 Å². The normalized spacial score (nSPS) is 23.5. The largest absolute Gasteiger partial charge is 0.489 e. The zero-order valence-electron chi connectivity index (χ0n) is 19.5. The first kappa shape index (κ1) is 23.5. The van der Waals surface area contributed by atoms with Gasteiger partial charge in [-0.25, -0.2) is 22.5 Å². The quantitative estimate of drug-likeness (QED) is 0.645. The van der Waals surface area contributed by atoms with Crippen LogP contribution in [0.25, 0.3) is 0 Å². The van der Waals surface area contributed by atoms with Crippen LogP contribution >= 0.6 is 0 Å². The van der Waals surface area contributed by atoms with Gasteiger partial charge in [-0.2, -0.15) is 0 Å². The molecule has 0 spiro atoms. The highest BCUT2D eigenvalue weighted by atomic mass is 32.2. The number of fused-ring (bicyclic) bond motifs is 1. The maximum absolute atomic E-state index is 13.1. The Balaban J connectivity index is 1.04. The summed E-state index contributed by atoms with van der Waals surface area (Å²) in [6.07, 6.45) is 7.79. The predicted octanol–water partition coefficient (Wildman–Crippen LogP) is 3.21. The van der Waals surface area contributed by atoms with Crippen LogP contribution < -0.4 is 14.4 Å². The van der Waals surface area contributed by atoms with Crippen molar-refractivity contribution in [1.29, 1.82) is 0 Å². The monoisotopic (exact) mass is 488 g/mol. The van der Waals surface area contributed by atoms with Gasteiger partial charge in [0.25, 0.3) is 0 Å². The first-order valence-corrected chi connectivity index (χ1v) is 13.8. The van der Waals surface area contributed by atoms with E-state index in [0.29, 0.717) is 5.92 Å². The van der Waals surface area contributed by atoms with E-state index in [1.54, 1.807) is 0 Å². The Bertz CT molecular complexity index is 1080. The van der Waals surface area contributed by atoms with Gasteiger partial charge in [-0.1, -0.05) is 0 Å². The predicted molar refractivity (Wildman–Crippen MR) is 129 cm³/mol. The fourth-order valence-corrected chi connectivity index (χ4v) is 6.64. The van der Waals surface area contributed by atoms with Crippen molar-refractivity contribution in [2.24, 2.45) is 5.92 Å². The van der Waals surface area contributed by atoms with Crippen molar-refractivity contribution in [3.05, 3.63) is 47.9 Å². The second-order valence-corrected chi connectivity index (χ2v) is 11.3. The maximum atomic E-state index is 13.1. The van der Waals surface area contributed by atoms with Gasteiger partial charge in [-0.05, 0) is 74.9 Å². The number of aromatic nitrogens is 1. The number of pyridine rings is 1. The van der Waals surface area contributed by atoms with Gasteiger partial charge >= 0.3 is 0 Å². The summed E-state index contributed by atoms with van der Waals surface area (Å²) in [4.78, 5) is 9.59. The minimum absolute atomic E-state index is 0.0443. The van der Waals surface area contributed by atoms with Crippen molar-refractivity contribution < 1.29 is 17.5 Å². The second-order valence-electron chi connectivity index (χ2n) is 9.63. The van der Waals surface area contributed by atoms with E-state index >= 15 is 0 Å². The van der Waals surface area contributed by atoms with Crippen LogP contribution in [-0.4, -0.2) is 63.7 Å². The Morgan fingerprint density at radius 1 is 1.03 bits per heavy atom. The number of hydrogen-bond donors (Lipinski definition) is 1. The molecular weight excluding hydrogens is 455 g/mol. The molecule has 0 unspecified atom stereocenters. The molecule has 184 valence electrons. The first-order chi connectivity index (χ1) is 16.5. The van der Waals surface area contributed by atoms with Gasteiger partial charge in [0.05, 0.1) is 11.5 Å². The van der Waals surface area contributed by atoms with Crippen LogP contribution in [0.5, 0.6) is 5.75 Å². The molecule has 7 nitrogen and oxygen atoms in total. The molecule has 5 rings (SSSR count). The second kappa shape index (κ2) is 10.2. The Morgan fingerprint density at radius 3 is 2.50 bits per heavy atom. The van der Waals surface area contributed by atoms with E-state index in [2.05, 4.69) is 25.6 Å². The summed E-state index contributed by atoms with van der Waals surface area (Å²) in [6.45, 7) is 5.82. The molecule has 34 heavy (non-hydrogen) atoms. The van der Waals surface area contributed by atoms with E-state index in [4.69, 9.17) is 4.74 Å². The number of benzene rings is 1. The third-order valence-electron chi connectivity index (χ3n) is 7.40. The van der Waals surface area contributed by atoms with Gasteiger partial charge in [0.15, 0.2) is 11.6 Å². The Morgan fingerprint density at radius 2 is 1.76 bits per heavy atom. The summed E-state index contributed by atoms with van der Waals surface area (Å²) in [5.74, 6) is 2.17. The Kier molecular flexibility index (Phi) is 7.04. The van der Waals surface area contributed by atoms with E-state index in [9.17, 15) is 12.8 Å². The molecule has 1 aliphatic carbocycles. The maximum Gasteiger partial charge on any atom is 0.240 e. The van der Waals surface area contributed by atoms with Crippen molar-refractivity contribution in [1.82, 2.24) is 14.6 Å². The van der Waals surface area contributed by atoms with Gasteiger partial charge in [-0.3, -0.25) is 4.90 Å². The van der Waals surface area contributed by atoms with Crippen molar-refractivity contribution in [3.63, 3.8) is 0 Å². The number of nitrogens with one attached hydrogen (secondary N) is 1. The van der Waals surface area contributed by atoms with Crippen LogP contribution in [0.4, 0.5) is 10.2 Å². The van der Waals surface area contributed by atoms with Crippen LogP contribution in [-0.2, 0) is 16.4 Å². The lowest BCUT2D eigenvalue weighted by Crippen LogP contribution is -2.47. The SMILES string of the molecule is O=S(=O)(N[C@H]1CC[C@H](CCN2CCN(c3nccc4c3OCC4)CC2)CC1)c1ccc(F)cc1. The van der Waals surface area contributed by atoms with Crippen LogP contribution in [0.3, 0.4) is 0 Å². The van der Waals surface area contributed by atoms with Gasteiger partial charge < -0.3 is 9.64 Å². The summed E-state index contributed by atoms with van der Waals surface area (Å²) in [7, 11) is -3.60. The van der Waals surface area contributed by atoms with Crippen molar-refractivity contribution in [2.75, 3.05) is 44.2 Å². The third kappa shape index (κ3) is 5.37. The topological polar surface area (TPSA) is 74.8 Å². The zero-order chi connectivity index (χ0) is 23.5. The summed E-state index contributed by atoms with van der Waals surface area (Å²) >= 11 is 0. The van der Waals surface area contributed by atoms with Crippen molar-refractivity contribution >= 4 is 15.8 Å². The Hall–Kier alpha value is -2.23. The molecular formula is C25H33FN4O3S. The molecule has 2 fully saturated rings. The molecule has 3 heterocycles. The molecule has 9 heteroatoms. The van der Waals surface area contributed by atoms with E-state index in [1.807, 2.05) is 6.20 Å². The molecule has 2 aliphatic heterocycles. The third-order valence-corrected chi connectivity index (χ3v) is 8.94. The van der Waals surface area contributed by atoms with Crippen molar-refractivity contribution in [2.45, 2.75) is 49.5 Å². The number of ether oxygens (including phenoxy) is 1. The highest BCUT2D eigenvalue weighted by molar-refractivity contribution is 7.89. The van der Waals surface area contributed by atoms with Gasteiger partial charge in [0.1, 0.15) is 5.82 Å². The molecule has 0 radical (unpaired) electrons. The zero-order valence-corrected chi connectivity index (χ0v) is 20.3. The molecule has 1 saturated carbocycles. The number of halogens is 1. The highest BCUT2D eigenvalue weighted by Gasteiger charge is 2.28. The summed E-state index contributed by atoms with van der Waals surface area (Å²) in [5.41, 5.74) is 1.27. The van der Waals surface area contributed by atoms with Gasteiger partial charge in [0.2, 0.25) is 10.0 Å². The molecule has 0 atom stereocenters. The number of sulfonamides is 1. The lowest BCUT2D eigenvalue weighted by atomic mass is 9.84. The van der Waals surface area contributed by atoms with Crippen LogP contribution in [0.2, 0.25) is 0 Å². The number of nitrogens with zero attached hydrogens (tertiary/aromatic N) is 3. The fourth-order valence-electron chi connectivity index (χ4n) is 5.34. The standard InChI is InChI=1S/C25H33FN4O3S/c26-21-3-7-23(8-4-21)34(31,32)28-22-5-1-19(2-6-22)10-13-29-14-16-30(17-15-29)25-24-20(9-12-27-25)11-18-33-24/h3-4,7-9,12,19,22,28H,1-2,5-6,10-11,13-18H2/t19-,22-. The number of piperazine rings is 1. The van der Waals surface area contributed by atoms with Crippen molar-refractivity contribution in [3.8, 4) is 5.75 Å². The smallest absolute Gasteiger partial charge is 0.240 e. The molecule has 1 N–H and O–H groups in total. The fraction of sp³-hybridized carbons (Fsp3) is 0.560. The summed E-state index contributed by atoms with van der Waals surface area (Å²) in [5, 5.41) is 0. The average molecular weight is 489 g/mol. The van der Waals surface area contributed by atoms with Gasteiger partial charge in [-0.15, -0.1) is 0 Å². The lowest BCUT2D eigenvalue weighted by Gasteiger charge is -2.37. The van der Waals surface area contributed by atoms with Crippen LogP contribution in [0.15, 0.2) is 41.4 Å². The highest BCUT2D eigenvalue weighted by Crippen LogP contribution is 2.34. The van der Waals surface area contributed by atoms with Crippen LogP contribution in [0, 0.1) is 11.7 Å². The van der Waals surface area contributed by atoms with E-state index < -0.39 is 15.8 Å². The lowest BCUT2D eigenvalue weighted by molar-refractivity contribution is 0.214. The number of rotatable bonds is 7. The molecule has 1 saturated heterocycles. The number of anilines is 1. The number of hydrogen-bond acceptors (Lipinski definition) is 6. The molecule has 3 aliphatic rings. The molecule has 0 amide bonds. The molecule has 2 aromatic rings. The Labute approximate surface area is 201 Å². The van der Waals surface area contributed by atoms with Gasteiger partial charge in [0, 0.05) is 50.4 Å². The summed E-state index contributed by atoms with van der Waals surface area (Å²) < 4.78 is 46.9. The van der Waals surface area contributed by atoms with E-state index in [-0.39, 0.29) is 10.9 Å². The minimum Gasteiger partial charge on any atom is -0.489 e. The van der Waals surface area contributed by atoms with E-state index in [0.717, 1.165) is 89.4 Å². The molecule has 1 aromatic carbocycles. The minimum atomic E-state index is -3.60. The molecule has 1 aromatic heterocycles. The first-order valence-electron chi connectivity index (χ1n) is 12.3. The van der Waals surface area contributed by atoms with Crippen LogP contribution in [0.1, 0.15) is 37.7 Å².